The van der Waals surface area contributed by atoms with E-state index in [0.717, 1.165) is 29.6 Å². The molecule has 2 heterocycles. The van der Waals surface area contributed by atoms with E-state index in [4.69, 9.17) is 4.42 Å². The average Bonchev–Trinajstić information content (AvgIpc) is 2.85. The maximum atomic E-state index is 5.80. The molecule has 1 aromatic carbocycles. The zero-order chi connectivity index (χ0) is 13.2. The largest absolute Gasteiger partial charge is 0.423 e. The second-order valence-corrected chi connectivity index (χ2v) is 5.59. The number of para-hydroxylation sites is 2. The smallest absolute Gasteiger partial charge is 0.298 e. The van der Waals surface area contributed by atoms with Gasteiger partial charge in [-0.05, 0) is 51.0 Å². The van der Waals surface area contributed by atoms with Gasteiger partial charge in [0, 0.05) is 13.6 Å². The van der Waals surface area contributed by atoms with Crippen LogP contribution in [0.4, 0.5) is 6.01 Å². The van der Waals surface area contributed by atoms with Crippen LogP contribution in [0.3, 0.4) is 0 Å². The third-order valence-corrected chi connectivity index (χ3v) is 3.98. The Kier molecular flexibility index (Phi) is 3.42. The van der Waals surface area contributed by atoms with Gasteiger partial charge < -0.3 is 14.2 Å². The zero-order valence-corrected chi connectivity index (χ0v) is 11.7. The van der Waals surface area contributed by atoms with E-state index >= 15 is 0 Å². The quantitative estimate of drug-likeness (QED) is 0.848. The molecule has 3 rings (SSSR count). The Balaban J connectivity index is 1.68. The minimum atomic E-state index is 0.736. The molecule has 4 nitrogen and oxygen atoms in total. The Morgan fingerprint density at radius 3 is 2.79 bits per heavy atom. The van der Waals surface area contributed by atoms with Crippen LogP contribution in [0, 0.1) is 5.92 Å². The van der Waals surface area contributed by atoms with Crippen molar-refractivity contribution in [3.63, 3.8) is 0 Å². The second kappa shape index (κ2) is 5.21. The van der Waals surface area contributed by atoms with E-state index in [1.165, 1.54) is 25.9 Å². The van der Waals surface area contributed by atoms with Crippen molar-refractivity contribution in [2.24, 2.45) is 5.92 Å². The van der Waals surface area contributed by atoms with E-state index in [-0.39, 0.29) is 0 Å². The first-order chi connectivity index (χ1) is 9.22. The fourth-order valence-electron chi connectivity index (χ4n) is 2.73. The van der Waals surface area contributed by atoms with Gasteiger partial charge in [-0.2, -0.15) is 4.98 Å². The Morgan fingerprint density at radius 1 is 1.32 bits per heavy atom. The van der Waals surface area contributed by atoms with E-state index in [0.29, 0.717) is 0 Å². The van der Waals surface area contributed by atoms with Gasteiger partial charge in [-0.3, -0.25) is 0 Å². The van der Waals surface area contributed by atoms with Gasteiger partial charge in [0.15, 0.2) is 5.58 Å². The van der Waals surface area contributed by atoms with Crippen LogP contribution >= 0.6 is 0 Å². The summed E-state index contributed by atoms with van der Waals surface area (Å²) in [6, 6.07) is 8.67. The topological polar surface area (TPSA) is 32.5 Å². The van der Waals surface area contributed by atoms with E-state index in [2.05, 4.69) is 28.9 Å². The van der Waals surface area contributed by atoms with Crippen LogP contribution in [0.5, 0.6) is 0 Å². The molecule has 1 aliphatic rings. The molecule has 0 atom stereocenters. The molecule has 1 fully saturated rings. The van der Waals surface area contributed by atoms with Gasteiger partial charge in [-0.1, -0.05) is 12.1 Å². The third kappa shape index (κ3) is 2.73. The Labute approximate surface area is 114 Å². The summed E-state index contributed by atoms with van der Waals surface area (Å²) in [4.78, 5) is 9.09. The van der Waals surface area contributed by atoms with Crippen LogP contribution in [0.15, 0.2) is 28.7 Å². The van der Waals surface area contributed by atoms with Crippen molar-refractivity contribution in [3.8, 4) is 0 Å². The molecule has 2 aromatic rings. The second-order valence-electron chi connectivity index (χ2n) is 5.59. The Hall–Kier alpha value is -1.55. The fourth-order valence-corrected chi connectivity index (χ4v) is 2.73. The third-order valence-electron chi connectivity index (χ3n) is 3.98. The van der Waals surface area contributed by atoms with Crippen molar-refractivity contribution in [3.05, 3.63) is 24.3 Å². The number of piperidine rings is 1. The highest BCUT2D eigenvalue weighted by Gasteiger charge is 2.20. The minimum absolute atomic E-state index is 0.736. The number of aromatic nitrogens is 1. The highest BCUT2D eigenvalue weighted by molar-refractivity contribution is 5.74. The average molecular weight is 259 g/mol. The van der Waals surface area contributed by atoms with E-state index in [9.17, 15) is 0 Å². The summed E-state index contributed by atoms with van der Waals surface area (Å²) in [5.74, 6) is 0.746. The maximum absolute atomic E-state index is 5.80. The number of nitrogens with zero attached hydrogens (tertiary/aromatic N) is 3. The number of anilines is 1. The van der Waals surface area contributed by atoms with Crippen molar-refractivity contribution in [1.29, 1.82) is 0 Å². The lowest BCUT2D eigenvalue weighted by molar-refractivity contribution is 0.221. The summed E-state index contributed by atoms with van der Waals surface area (Å²) in [6.45, 7) is 3.43. The highest BCUT2D eigenvalue weighted by atomic mass is 16.4. The molecule has 0 N–H and O–H groups in total. The van der Waals surface area contributed by atoms with Gasteiger partial charge in [0.25, 0.3) is 6.01 Å². The van der Waals surface area contributed by atoms with Crippen molar-refractivity contribution < 1.29 is 4.42 Å². The van der Waals surface area contributed by atoms with E-state index < -0.39 is 0 Å². The van der Waals surface area contributed by atoms with Crippen LogP contribution in [-0.4, -0.2) is 43.6 Å². The van der Waals surface area contributed by atoms with Gasteiger partial charge in [0.2, 0.25) is 0 Å². The van der Waals surface area contributed by atoms with Gasteiger partial charge in [0.05, 0.1) is 0 Å². The number of hydrogen-bond acceptors (Lipinski definition) is 4. The maximum Gasteiger partial charge on any atom is 0.298 e. The predicted octanol–water partition coefficient (Wildman–Crippen LogP) is 2.61. The first-order valence-corrected chi connectivity index (χ1v) is 6.97. The molecule has 0 amide bonds. The molecular weight excluding hydrogens is 238 g/mol. The number of fused-ring (bicyclic) bond motifs is 1. The lowest BCUT2D eigenvalue weighted by Crippen LogP contribution is -2.35. The van der Waals surface area contributed by atoms with Gasteiger partial charge in [0.1, 0.15) is 5.52 Å². The van der Waals surface area contributed by atoms with Crippen molar-refractivity contribution in [2.75, 3.05) is 38.6 Å². The van der Waals surface area contributed by atoms with Crippen molar-refractivity contribution >= 4 is 17.1 Å². The number of hydrogen-bond donors (Lipinski definition) is 0. The monoisotopic (exact) mass is 259 g/mol. The van der Waals surface area contributed by atoms with Gasteiger partial charge >= 0.3 is 0 Å². The molecule has 0 aliphatic carbocycles. The summed E-state index contributed by atoms with van der Waals surface area (Å²) in [5, 5.41) is 0. The van der Waals surface area contributed by atoms with Crippen molar-refractivity contribution in [1.82, 2.24) is 9.88 Å². The fraction of sp³-hybridized carbons (Fsp3) is 0.533. The van der Waals surface area contributed by atoms with Gasteiger partial charge in [-0.25, -0.2) is 0 Å². The van der Waals surface area contributed by atoms with Crippen LogP contribution in [0.25, 0.3) is 11.1 Å². The molecule has 0 bridgehead atoms. The first kappa shape index (κ1) is 12.5. The SMILES string of the molecule is CN1CCC(CN(C)c2nc3ccccc3o2)CC1. The summed E-state index contributed by atoms with van der Waals surface area (Å²) >= 11 is 0. The zero-order valence-electron chi connectivity index (χ0n) is 11.7. The summed E-state index contributed by atoms with van der Waals surface area (Å²) in [7, 11) is 4.27. The molecule has 1 aliphatic heterocycles. The predicted molar refractivity (Wildman–Crippen MR) is 77.5 cm³/mol. The normalized spacial score (nSPS) is 18.0. The molecule has 19 heavy (non-hydrogen) atoms. The summed E-state index contributed by atoms with van der Waals surface area (Å²) in [6.07, 6.45) is 2.53. The van der Waals surface area contributed by atoms with E-state index in [1.807, 2.05) is 24.3 Å². The molecule has 102 valence electrons. The lowest BCUT2D eigenvalue weighted by Gasteiger charge is -2.31. The summed E-state index contributed by atoms with van der Waals surface area (Å²) < 4.78 is 5.80. The standard InChI is InChI=1S/C15H21N3O/c1-17-9-7-12(8-10-17)11-18(2)15-16-13-5-3-4-6-14(13)19-15/h3-6,12H,7-11H2,1-2H3. The molecule has 1 saturated heterocycles. The molecule has 0 saturated carbocycles. The van der Waals surface area contributed by atoms with Crippen LogP contribution in [0.1, 0.15) is 12.8 Å². The molecular formula is C15H21N3O. The lowest BCUT2D eigenvalue weighted by atomic mass is 9.97. The number of oxazole rings is 1. The van der Waals surface area contributed by atoms with Crippen molar-refractivity contribution in [2.45, 2.75) is 12.8 Å². The van der Waals surface area contributed by atoms with Crippen LogP contribution < -0.4 is 4.90 Å². The molecule has 0 unspecified atom stereocenters. The Bertz CT molecular complexity index is 510. The molecule has 0 radical (unpaired) electrons. The highest BCUT2D eigenvalue weighted by Crippen LogP contribution is 2.23. The van der Waals surface area contributed by atoms with Crippen LogP contribution in [0.2, 0.25) is 0 Å². The molecule has 1 aromatic heterocycles. The Morgan fingerprint density at radius 2 is 2.05 bits per heavy atom. The van der Waals surface area contributed by atoms with Gasteiger partial charge in [-0.15, -0.1) is 0 Å². The molecule has 4 heteroatoms. The number of likely N-dealkylation sites (tertiary alicyclic amines) is 1. The van der Waals surface area contributed by atoms with E-state index in [1.54, 1.807) is 0 Å². The van der Waals surface area contributed by atoms with Crippen LogP contribution in [-0.2, 0) is 0 Å². The number of benzene rings is 1. The first-order valence-electron chi connectivity index (χ1n) is 6.97. The summed E-state index contributed by atoms with van der Waals surface area (Å²) in [5.41, 5.74) is 1.81. The number of rotatable bonds is 3. The minimum Gasteiger partial charge on any atom is -0.423 e. The molecule has 0 spiro atoms.